The first-order chi connectivity index (χ1) is 10.5. The molecule has 0 saturated heterocycles. The monoisotopic (exact) mass is 335 g/mol. The first-order valence-electron chi connectivity index (χ1n) is 6.04. The molecule has 112 valence electrons. The second-order valence-corrected chi connectivity index (χ2v) is 4.99. The predicted octanol–water partition coefficient (Wildman–Crippen LogP) is 3.05. The van der Waals surface area contributed by atoms with Gasteiger partial charge in [0.25, 0.3) is 0 Å². The number of rotatable bonds is 4. The van der Waals surface area contributed by atoms with Gasteiger partial charge < -0.3 is 16.2 Å². The van der Waals surface area contributed by atoms with E-state index in [9.17, 15) is 5.26 Å². The molecule has 0 fully saturated rings. The topological polar surface area (TPSA) is 111 Å². The fraction of sp³-hybridized carbons (Fsp3) is 0.0714. The number of hydrogen-bond donors (Lipinski definition) is 2. The SMILES string of the molecule is C=CCOc1c(Cl)cc(-c2nc(N)nc(N)c2C#N)cc1Cl. The number of anilines is 2. The van der Waals surface area contributed by atoms with Crippen molar-refractivity contribution in [2.75, 3.05) is 18.1 Å². The van der Waals surface area contributed by atoms with Crippen LogP contribution in [0.4, 0.5) is 11.8 Å². The van der Waals surface area contributed by atoms with Gasteiger partial charge in [0.2, 0.25) is 5.95 Å². The van der Waals surface area contributed by atoms with Crippen molar-refractivity contribution in [3.63, 3.8) is 0 Å². The molecular weight excluding hydrogens is 325 g/mol. The van der Waals surface area contributed by atoms with Crippen LogP contribution in [-0.2, 0) is 0 Å². The van der Waals surface area contributed by atoms with Crippen LogP contribution in [0, 0.1) is 11.3 Å². The Bertz CT molecular complexity index is 763. The van der Waals surface area contributed by atoms with Gasteiger partial charge in [0.15, 0.2) is 5.75 Å². The fourth-order valence-corrected chi connectivity index (χ4v) is 2.39. The molecule has 0 aliphatic rings. The summed E-state index contributed by atoms with van der Waals surface area (Å²) in [5.74, 6) is 0.260. The maximum atomic E-state index is 9.21. The molecule has 1 heterocycles. The molecular formula is C14H11Cl2N5O. The van der Waals surface area contributed by atoms with Gasteiger partial charge >= 0.3 is 0 Å². The first kappa shape index (κ1) is 15.9. The predicted molar refractivity (Wildman–Crippen MR) is 86.7 cm³/mol. The molecule has 2 rings (SSSR count). The summed E-state index contributed by atoms with van der Waals surface area (Å²) < 4.78 is 5.38. The van der Waals surface area contributed by atoms with Gasteiger partial charge in [-0.05, 0) is 12.1 Å². The number of halogens is 2. The van der Waals surface area contributed by atoms with Crippen LogP contribution >= 0.6 is 23.2 Å². The first-order valence-corrected chi connectivity index (χ1v) is 6.79. The Morgan fingerprint density at radius 2 is 1.91 bits per heavy atom. The third kappa shape index (κ3) is 3.06. The van der Waals surface area contributed by atoms with Crippen molar-refractivity contribution in [1.29, 1.82) is 5.26 Å². The van der Waals surface area contributed by atoms with Crippen molar-refractivity contribution in [1.82, 2.24) is 9.97 Å². The summed E-state index contributed by atoms with van der Waals surface area (Å²) in [5.41, 5.74) is 12.1. The van der Waals surface area contributed by atoms with Crippen LogP contribution in [0.15, 0.2) is 24.8 Å². The number of nitrogen functional groups attached to an aromatic ring is 2. The van der Waals surface area contributed by atoms with Gasteiger partial charge in [-0.15, -0.1) is 0 Å². The zero-order valence-corrected chi connectivity index (χ0v) is 12.8. The van der Waals surface area contributed by atoms with Gasteiger partial charge in [-0.3, -0.25) is 0 Å². The highest BCUT2D eigenvalue weighted by Crippen LogP contribution is 2.38. The van der Waals surface area contributed by atoms with Crippen molar-refractivity contribution in [3.8, 4) is 23.1 Å². The van der Waals surface area contributed by atoms with Gasteiger partial charge in [-0.2, -0.15) is 10.2 Å². The van der Waals surface area contributed by atoms with Gasteiger partial charge in [0, 0.05) is 5.56 Å². The second-order valence-electron chi connectivity index (χ2n) is 4.17. The molecule has 6 nitrogen and oxygen atoms in total. The van der Waals surface area contributed by atoms with Crippen LogP contribution in [0.2, 0.25) is 10.0 Å². The van der Waals surface area contributed by atoms with E-state index in [-0.39, 0.29) is 39.7 Å². The van der Waals surface area contributed by atoms with Gasteiger partial charge in [0.05, 0.1) is 15.7 Å². The van der Waals surface area contributed by atoms with E-state index < -0.39 is 0 Å². The van der Waals surface area contributed by atoms with E-state index in [1.54, 1.807) is 18.2 Å². The highest BCUT2D eigenvalue weighted by Gasteiger charge is 2.17. The Morgan fingerprint density at radius 1 is 1.27 bits per heavy atom. The Hall–Kier alpha value is -2.49. The molecule has 0 aliphatic carbocycles. The normalized spacial score (nSPS) is 10.0. The Morgan fingerprint density at radius 3 is 2.45 bits per heavy atom. The van der Waals surface area contributed by atoms with Gasteiger partial charge in [0.1, 0.15) is 24.1 Å². The molecule has 8 heteroatoms. The van der Waals surface area contributed by atoms with Crippen LogP contribution in [0.5, 0.6) is 5.75 Å². The highest BCUT2D eigenvalue weighted by molar-refractivity contribution is 6.37. The van der Waals surface area contributed by atoms with Crippen molar-refractivity contribution in [2.24, 2.45) is 0 Å². The Kier molecular flexibility index (Phi) is 4.71. The van der Waals surface area contributed by atoms with E-state index in [1.165, 1.54) is 0 Å². The summed E-state index contributed by atoms with van der Waals surface area (Å²) in [5, 5.41) is 9.74. The van der Waals surface area contributed by atoms with E-state index in [2.05, 4.69) is 16.5 Å². The zero-order chi connectivity index (χ0) is 16.3. The van der Waals surface area contributed by atoms with Crippen LogP contribution in [0.25, 0.3) is 11.3 Å². The zero-order valence-electron chi connectivity index (χ0n) is 11.3. The van der Waals surface area contributed by atoms with E-state index in [1.807, 2.05) is 6.07 Å². The van der Waals surface area contributed by atoms with Crippen LogP contribution in [0.1, 0.15) is 5.56 Å². The number of benzene rings is 1. The average Bonchev–Trinajstić information content (AvgIpc) is 2.45. The number of nitrogens with zero attached hydrogens (tertiary/aromatic N) is 3. The summed E-state index contributed by atoms with van der Waals surface area (Å²) in [6, 6.07) is 5.07. The smallest absolute Gasteiger partial charge is 0.222 e. The van der Waals surface area contributed by atoms with Crippen LogP contribution < -0.4 is 16.2 Å². The molecule has 22 heavy (non-hydrogen) atoms. The molecule has 0 spiro atoms. The molecule has 0 unspecified atom stereocenters. The third-order valence-corrected chi connectivity index (χ3v) is 3.24. The molecule has 1 aromatic carbocycles. The summed E-state index contributed by atoms with van der Waals surface area (Å²) >= 11 is 12.3. The molecule has 4 N–H and O–H groups in total. The second kappa shape index (κ2) is 6.52. The lowest BCUT2D eigenvalue weighted by Crippen LogP contribution is -2.05. The van der Waals surface area contributed by atoms with E-state index in [0.717, 1.165) is 0 Å². The number of nitriles is 1. The average molecular weight is 336 g/mol. The van der Waals surface area contributed by atoms with Crippen LogP contribution in [0.3, 0.4) is 0 Å². The lowest BCUT2D eigenvalue weighted by Gasteiger charge is -2.12. The number of nitrogens with two attached hydrogens (primary N) is 2. The number of ether oxygens (including phenoxy) is 1. The lowest BCUT2D eigenvalue weighted by atomic mass is 10.1. The van der Waals surface area contributed by atoms with Crippen LogP contribution in [-0.4, -0.2) is 16.6 Å². The number of aromatic nitrogens is 2. The van der Waals surface area contributed by atoms with Crippen molar-refractivity contribution in [2.45, 2.75) is 0 Å². The highest BCUT2D eigenvalue weighted by atomic mass is 35.5. The maximum absolute atomic E-state index is 9.21. The minimum Gasteiger partial charge on any atom is -0.486 e. The van der Waals surface area contributed by atoms with E-state index in [4.69, 9.17) is 39.4 Å². The summed E-state index contributed by atoms with van der Waals surface area (Å²) in [7, 11) is 0. The molecule has 0 bridgehead atoms. The summed E-state index contributed by atoms with van der Waals surface area (Å²) in [6.07, 6.45) is 1.57. The van der Waals surface area contributed by atoms with Gasteiger partial charge in [-0.1, -0.05) is 35.9 Å². The quantitative estimate of drug-likeness (QED) is 0.830. The standard InChI is InChI=1S/C14H11Cl2N5O/c1-2-3-22-12-9(15)4-7(5-10(12)16)11-8(6-17)13(18)21-14(19)20-11/h2,4-5H,1,3H2,(H4,18,19,20,21). The minimum absolute atomic E-state index is 0.00997. The molecule has 0 aliphatic heterocycles. The molecule has 0 saturated carbocycles. The Labute approximate surface area is 136 Å². The third-order valence-electron chi connectivity index (χ3n) is 2.68. The molecule has 0 amide bonds. The fourth-order valence-electron chi connectivity index (χ4n) is 1.79. The Balaban J connectivity index is 2.60. The summed E-state index contributed by atoms with van der Waals surface area (Å²) in [4.78, 5) is 7.79. The van der Waals surface area contributed by atoms with E-state index >= 15 is 0 Å². The minimum atomic E-state index is -0.0503. The van der Waals surface area contributed by atoms with Crippen molar-refractivity contribution in [3.05, 3.63) is 40.4 Å². The van der Waals surface area contributed by atoms with Crippen molar-refractivity contribution < 1.29 is 4.74 Å². The van der Waals surface area contributed by atoms with Crippen molar-refractivity contribution >= 4 is 35.0 Å². The maximum Gasteiger partial charge on any atom is 0.222 e. The molecule has 1 aromatic heterocycles. The molecule has 2 aromatic rings. The number of hydrogen-bond acceptors (Lipinski definition) is 6. The van der Waals surface area contributed by atoms with E-state index in [0.29, 0.717) is 11.3 Å². The lowest BCUT2D eigenvalue weighted by molar-refractivity contribution is 0.364. The molecule has 0 atom stereocenters. The molecule has 0 radical (unpaired) electrons. The largest absolute Gasteiger partial charge is 0.486 e. The van der Waals surface area contributed by atoms with Gasteiger partial charge in [-0.25, -0.2) is 4.98 Å². The summed E-state index contributed by atoms with van der Waals surface area (Å²) in [6.45, 7) is 3.81.